The van der Waals surface area contributed by atoms with E-state index < -0.39 is 5.97 Å². The van der Waals surface area contributed by atoms with E-state index in [1.54, 1.807) is 0 Å². The maximum absolute atomic E-state index is 11.1. The molecule has 0 rings (SSSR count). The van der Waals surface area contributed by atoms with E-state index in [4.69, 9.17) is 0 Å². The normalized spacial score (nSPS) is 13.1. The van der Waals surface area contributed by atoms with E-state index in [-0.39, 0.29) is 0 Å². The lowest BCUT2D eigenvalue weighted by molar-refractivity contribution is -0.137. The predicted molar refractivity (Wildman–Crippen MR) is 170 cm³/mol. The first-order chi connectivity index (χ1) is 18.7. The number of hydrogen-bond donors (Lipinski definition) is 1. The van der Waals surface area contributed by atoms with Gasteiger partial charge in [0, 0.05) is 6.42 Å². The maximum atomic E-state index is 11.1. The standard InChI is InChI=1S/C36H72O2/c1-4-7-9-11-13-15-17-19-21-22-24-26-30-34(29-6-3)35(32-28-33-36(37)38)31-27-25-23-20-18-16-14-12-10-8-5-2/h34-35H,4-33H2,1-3H3,(H,37,38). The lowest BCUT2D eigenvalue weighted by Gasteiger charge is -2.27. The zero-order valence-corrected chi connectivity index (χ0v) is 26.7. The van der Waals surface area contributed by atoms with Crippen LogP contribution in [0.3, 0.4) is 0 Å². The van der Waals surface area contributed by atoms with Gasteiger partial charge in [-0.3, -0.25) is 4.79 Å². The van der Waals surface area contributed by atoms with E-state index in [2.05, 4.69) is 20.8 Å². The van der Waals surface area contributed by atoms with E-state index in [9.17, 15) is 9.90 Å². The molecule has 0 fully saturated rings. The Balaban J connectivity index is 4.13. The Kier molecular flexibility index (Phi) is 30.6. The van der Waals surface area contributed by atoms with E-state index in [1.807, 2.05) is 0 Å². The number of carboxylic acids is 1. The zero-order chi connectivity index (χ0) is 27.9. The Morgan fingerprint density at radius 2 is 0.684 bits per heavy atom. The number of rotatable bonds is 32. The maximum Gasteiger partial charge on any atom is 0.303 e. The van der Waals surface area contributed by atoms with Gasteiger partial charge in [-0.05, 0) is 24.7 Å². The van der Waals surface area contributed by atoms with Gasteiger partial charge in [-0.2, -0.15) is 0 Å². The van der Waals surface area contributed by atoms with Gasteiger partial charge in [-0.1, -0.05) is 194 Å². The largest absolute Gasteiger partial charge is 0.481 e. The molecule has 0 aromatic rings. The van der Waals surface area contributed by atoms with Crippen molar-refractivity contribution in [2.75, 3.05) is 0 Å². The summed E-state index contributed by atoms with van der Waals surface area (Å²) < 4.78 is 0. The summed E-state index contributed by atoms with van der Waals surface area (Å²) in [5.41, 5.74) is 0. The molecule has 0 aliphatic heterocycles. The van der Waals surface area contributed by atoms with Crippen molar-refractivity contribution < 1.29 is 9.90 Å². The van der Waals surface area contributed by atoms with Crippen LogP contribution >= 0.6 is 0 Å². The third kappa shape index (κ3) is 27.1. The van der Waals surface area contributed by atoms with Crippen LogP contribution < -0.4 is 0 Å². The third-order valence-corrected chi connectivity index (χ3v) is 8.90. The van der Waals surface area contributed by atoms with Crippen LogP contribution in [0.25, 0.3) is 0 Å². The van der Waals surface area contributed by atoms with Crippen LogP contribution in [-0.2, 0) is 4.79 Å². The first-order valence-electron chi connectivity index (χ1n) is 17.9. The highest BCUT2D eigenvalue weighted by atomic mass is 16.4. The molecule has 2 unspecified atom stereocenters. The van der Waals surface area contributed by atoms with Gasteiger partial charge < -0.3 is 5.11 Å². The number of carboxylic acid groups (broad SMARTS) is 1. The highest BCUT2D eigenvalue weighted by Gasteiger charge is 2.20. The number of hydrogen-bond acceptors (Lipinski definition) is 1. The first kappa shape index (κ1) is 37.5. The molecule has 2 nitrogen and oxygen atoms in total. The van der Waals surface area contributed by atoms with E-state index in [0.717, 1.165) is 24.7 Å². The summed E-state index contributed by atoms with van der Waals surface area (Å²) >= 11 is 0. The van der Waals surface area contributed by atoms with Crippen molar-refractivity contribution >= 4 is 5.97 Å². The summed E-state index contributed by atoms with van der Waals surface area (Å²) in [6.07, 6.45) is 40.2. The average Bonchev–Trinajstić information content (AvgIpc) is 2.90. The minimum absolute atomic E-state index is 0.353. The molecule has 0 spiro atoms. The molecule has 0 aromatic heterocycles. The Labute approximate surface area is 240 Å². The summed E-state index contributed by atoms with van der Waals surface area (Å²) in [5.74, 6) is 0.951. The quantitative estimate of drug-likeness (QED) is 0.0868. The first-order valence-corrected chi connectivity index (χ1v) is 17.9. The van der Waals surface area contributed by atoms with Gasteiger partial charge in [0.2, 0.25) is 0 Å². The number of unbranched alkanes of at least 4 members (excludes halogenated alkanes) is 21. The molecule has 0 heterocycles. The van der Waals surface area contributed by atoms with Gasteiger partial charge in [-0.15, -0.1) is 0 Å². The second-order valence-electron chi connectivity index (χ2n) is 12.6. The van der Waals surface area contributed by atoms with Crippen molar-refractivity contribution in [1.82, 2.24) is 0 Å². The third-order valence-electron chi connectivity index (χ3n) is 8.90. The van der Waals surface area contributed by atoms with Crippen LogP contribution in [0.1, 0.15) is 213 Å². The van der Waals surface area contributed by atoms with Crippen LogP contribution in [0, 0.1) is 11.8 Å². The molecule has 0 amide bonds. The molecule has 38 heavy (non-hydrogen) atoms. The van der Waals surface area contributed by atoms with Crippen LogP contribution in [0.4, 0.5) is 0 Å². The molecule has 0 saturated carbocycles. The van der Waals surface area contributed by atoms with E-state index >= 15 is 0 Å². The fraction of sp³-hybridized carbons (Fsp3) is 0.972. The van der Waals surface area contributed by atoms with Gasteiger partial charge >= 0.3 is 5.97 Å². The molecule has 0 aromatic carbocycles. The molecule has 0 bridgehead atoms. The highest BCUT2D eigenvalue weighted by molar-refractivity contribution is 5.66. The fourth-order valence-corrected chi connectivity index (χ4v) is 6.44. The summed E-state index contributed by atoms with van der Waals surface area (Å²) in [6, 6.07) is 0. The van der Waals surface area contributed by atoms with Gasteiger partial charge in [0.1, 0.15) is 0 Å². The molecule has 0 radical (unpaired) electrons. The van der Waals surface area contributed by atoms with Crippen molar-refractivity contribution in [2.45, 2.75) is 213 Å². The molecular weight excluding hydrogens is 464 g/mol. The molecule has 1 N–H and O–H groups in total. The van der Waals surface area contributed by atoms with Crippen molar-refractivity contribution in [1.29, 1.82) is 0 Å². The van der Waals surface area contributed by atoms with Gasteiger partial charge in [0.05, 0.1) is 0 Å². The Morgan fingerprint density at radius 1 is 0.395 bits per heavy atom. The zero-order valence-electron chi connectivity index (χ0n) is 26.7. The summed E-state index contributed by atoms with van der Waals surface area (Å²) in [5, 5.41) is 9.17. The SMILES string of the molecule is CCCCCCCCCCCCCCC(CCC)C(CCCCCCCCCCCCC)CCCC(=O)O. The monoisotopic (exact) mass is 537 g/mol. The van der Waals surface area contributed by atoms with Crippen LogP contribution in [-0.4, -0.2) is 11.1 Å². The highest BCUT2D eigenvalue weighted by Crippen LogP contribution is 2.32. The number of aliphatic carboxylic acids is 1. The van der Waals surface area contributed by atoms with Crippen LogP contribution in [0.5, 0.6) is 0 Å². The van der Waals surface area contributed by atoms with Gasteiger partial charge in [0.25, 0.3) is 0 Å². The molecule has 0 aliphatic rings. The summed E-state index contributed by atoms with van der Waals surface area (Å²) in [4.78, 5) is 11.1. The van der Waals surface area contributed by atoms with Gasteiger partial charge in [-0.25, -0.2) is 0 Å². The van der Waals surface area contributed by atoms with Crippen LogP contribution in [0.15, 0.2) is 0 Å². The van der Waals surface area contributed by atoms with Crippen molar-refractivity contribution in [3.8, 4) is 0 Å². The van der Waals surface area contributed by atoms with Gasteiger partial charge in [0.15, 0.2) is 0 Å². The smallest absolute Gasteiger partial charge is 0.303 e. The minimum atomic E-state index is -0.619. The lowest BCUT2D eigenvalue weighted by atomic mass is 9.78. The lowest BCUT2D eigenvalue weighted by Crippen LogP contribution is -2.16. The van der Waals surface area contributed by atoms with Crippen molar-refractivity contribution in [2.24, 2.45) is 11.8 Å². The molecular formula is C36H72O2. The molecule has 228 valence electrons. The second-order valence-corrected chi connectivity index (χ2v) is 12.6. The molecule has 0 saturated heterocycles. The fourth-order valence-electron chi connectivity index (χ4n) is 6.44. The summed E-state index contributed by atoms with van der Waals surface area (Å²) in [7, 11) is 0. The van der Waals surface area contributed by atoms with E-state index in [0.29, 0.717) is 6.42 Å². The van der Waals surface area contributed by atoms with Crippen LogP contribution in [0.2, 0.25) is 0 Å². The Morgan fingerprint density at radius 3 is 1.00 bits per heavy atom. The number of carbonyl (C=O) groups is 1. The second kappa shape index (κ2) is 31.0. The minimum Gasteiger partial charge on any atom is -0.481 e. The molecule has 0 aliphatic carbocycles. The average molecular weight is 537 g/mol. The Hall–Kier alpha value is -0.530. The van der Waals surface area contributed by atoms with Crippen molar-refractivity contribution in [3.63, 3.8) is 0 Å². The van der Waals surface area contributed by atoms with E-state index in [1.165, 1.54) is 173 Å². The predicted octanol–water partition coefficient (Wildman–Crippen LogP) is 13.1. The molecule has 2 atom stereocenters. The van der Waals surface area contributed by atoms with Crippen molar-refractivity contribution in [3.05, 3.63) is 0 Å². The molecule has 2 heteroatoms. The summed E-state index contributed by atoms with van der Waals surface area (Å²) in [6.45, 7) is 6.93. The Bertz CT molecular complexity index is 460. The topological polar surface area (TPSA) is 37.3 Å².